The highest BCUT2D eigenvalue weighted by Crippen LogP contribution is 2.28. The van der Waals surface area contributed by atoms with Gasteiger partial charge in [0.1, 0.15) is 6.07 Å². The van der Waals surface area contributed by atoms with Crippen molar-refractivity contribution in [3.8, 4) is 6.07 Å². The number of rotatable bonds is 5. The zero-order valence-corrected chi connectivity index (χ0v) is 13.1. The summed E-state index contributed by atoms with van der Waals surface area (Å²) in [5.74, 6) is 0.951. The topological polar surface area (TPSA) is 61.8 Å². The Morgan fingerprint density at radius 1 is 1.24 bits per heavy atom. The van der Waals surface area contributed by atoms with Crippen molar-refractivity contribution in [1.82, 2.24) is 0 Å². The summed E-state index contributed by atoms with van der Waals surface area (Å²) in [6.07, 6.45) is 0. The Morgan fingerprint density at radius 3 is 2.71 bits per heavy atom. The Balaban J connectivity index is 2.22. The van der Waals surface area contributed by atoms with Crippen LogP contribution >= 0.6 is 11.8 Å². The molecule has 21 heavy (non-hydrogen) atoms. The summed E-state index contributed by atoms with van der Waals surface area (Å²) in [6.45, 7) is 4.76. The second kappa shape index (κ2) is 7.05. The van der Waals surface area contributed by atoms with Crippen molar-refractivity contribution in [3.05, 3.63) is 53.1 Å². The average Bonchev–Trinajstić information content (AvgIpc) is 2.49. The van der Waals surface area contributed by atoms with Crippen LogP contribution in [0.5, 0.6) is 0 Å². The lowest BCUT2D eigenvalue weighted by atomic mass is 10.1. The van der Waals surface area contributed by atoms with E-state index in [1.54, 1.807) is 11.8 Å². The minimum Gasteiger partial charge on any atom is -0.399 e. The second-order valence-corrected chi connectivity index (χ2v) is 6.01. The first-order valence-electron chi connectivity index (χ1n) is 6.91. The van der Waals surface area contributed by atoms with Crippen molar-refractivity contribution in [1.29, 1.82) is 5.26 Å². The first kappa shape index (κ1) is 15.3. The van der Waals surface area contributed by atoms with Gasteiger partial charge in [0.05, 0.1) is 11.3 Å². The average molecular weight is 297 g/mol. The molecule has 0 saturated carbocycles. The molecule has 0 aliphatic heterocycles. The first-order chi connectivity index (χ1) is 10.2. The van der Waals surface area contributed by atoms with Gasteiger partial charge >= 0.3 is 0 Å². The van der Waals surface area contributed by atoms with Crippen LogP contribution in [0.1, 0.15) is 23.6 Å². The Bertz CT molecular complexity index is 674. The fourth-order valence-electron chi connectivity index (χ4n) is 2.15. The molecule has 0 unspecified atom stereocenters. The molecule has 0 aromatic heterocycles. The quantitative estimate of drug-likeness (QED) is 0.642. The van der Waals surface area contributed by atoms with Crippen LogP contribution in [0.2, 0.25) is 0 Å². The number of benzene rings is 2. The Hall–Kier alpha value is -2.12. The van der Waals surface area contributed by atoms with E-state index in [9.17, 15) is 5.26 Å². The predicted octanol–water partition coefficient (Wildman–Crippen LogP) is 4.17. The molecular formula is C17H19N3S. The van der Waals surface area contributed by atoms with E-state index in [1.807, 2.05) is 37.3 Å². The zero-order chi connectivity index (χ0) is 15.2. The van der Waals surface area contributed by atoms with Gasteiger partial charge in [0.15, 0.2) is 0 Å². The van der Waals surface area contributed by atoms with E-state index in [4.69, 9.17) is 5.73 Å². The highest BCUT2D eigenvalue weighted by atomic mass is 32.2. The highest BCUT2D eigenvalue weighted by Gasteiger charge is 2.08. The number of nitrogens with zero attached hydrogens (tertiary/aromatic N) is 1. The van der Waals surface area contributed by atoms with Crippen molar-refractivity contribution in [2.24, 2.45) is 0 Å². The molecule has 0 spiro atoms. The summed E-state index contributed by atoms with van der Waals surface area (Å²) >= 11 is 1.69. The lowest BCUT2D eigenvalue weighted by Crippen LogP contribution is -2.05. The van der Waals surface area contributed by atoms with E-state index in [1.165, 1.54) is 0 Å². The molecule has 2 aromatic carbocycles. The van der Waals surface area contributed by atoms with Gasteiger partial charge in [-0.3, -0.25) is 0 Å². The van der Waals surface area contributed by atoms with E-state index in [2.05, 4.69) is 24.4 Å². The van der Waals surface area contributed by atoms with Crippen molar-refractivity contribution >= 4 is 23.1 Å². The molecule has 108 valence electrons. The van der Waals surface area contributed by atoms with Crippen LogP contribution in [0, 0.1) is 18.3 Å². The molecule has 0 radical (unpaired) electrons. The maximum atomic E-state index is 9.40. The van der Waals surface area contributed by atoms with Gasteiger partial charge in [-0.2, -0.15) is 5.26 Å². The largest absolute Gasteiger partial charge is 0.399 e. The maximum absolute atomic E-state index is 9.40. The van der Waals surface area contributed by atoms with Gasteiger partial charge in [0.2, 0.25) is 0 Å². The summed E-state index contributed by atoms with van der Waals surface area (Å²) in [5.41, 5.74) is 10.5. The number of nitriles is 1. The van der Waals surface area contributed by atoms with Gasteiger partial charge < -0.3 is 11.1 Å². The lowest BCUT2D eigenvalue weighted by Gasteiger charge is -2.13. The molecule has 0 bridgehead atoms. The fraction of sp³-hybridized carbons (Fsp3) is 0.235. The molecule has 0 fully saturated rings. The third-order valence-corrected chi connectivity index (χ3v) is 4.33. The van der Waals surface area contributed by atoms with Gasteiger partial charge in [-0.1, -0.05) is 25.1 Å². The number of anilines is 2. The number of nitrogen functional groups attached to an aromatic ring is 1. The van der Waals surface area contributed by atoms with Crippen LogP contribution < -0.4 is 11.1 Å². The molecular weight excluding hydrogens is 278 g/mol. The molecule has 0 aliphatic carbocycles. The van der Waals surface area contributed by atoms with Gasteiger partial charge in [-0.25, -0.2) is 0 Å². The van der Waals surface area contributed by atoms with E-state index < -0.39 is 0 Å². The smallest absolute Gasteiger partial charge is 0.102 e. The molecule has 0 amide bonds. The lowest BCUT2D eigenvalue weighted by molar-refractivity contribution is 1.11. The number of hydrogen-bond donors (Lipinski definition) is 2. The van der Waals surface area contributed by atoms with Crippen molar-refractivity contribution < 1.29 is 0 Å². The summed E-state index contributed by atoms with van der Waals surface area (Å²) in [6, 6.07) is 14.1. The van der Waals surface area contributed by atoms with Gasteiger partial charge in [0.25, 0.3) is 0 Å². The molecule has 4 heteroatoms. The third-order valence-electron chi connectivity index (χ3n) is 3.40. The second-order valence-electron chi connectivity index (χ2n) is 4.71. The minimum absolute atomic E-state index is 0.659. The van der Waals surface area contributed by atoms with E-state index in [0.717, 1.165) is 33.2 Å². The van der Waals surface area contributed by atoms with Gasteiger partial charge in [-0.05, 0) is 42.0 Å². The number of nitrogens with one attached hydrogen (secondary N) is 1. The SMILES string of the molecule is CCSc1cccc(NCc2cccc(N)c2C)c1C#N. The number of hydrogen-bond acceptors (Lipinski definition) is 4. The molecule has 0 saturated heterocycles. The molecule has 2 rings (SSSR count). The maximum Gasteiger partial charge on any atom is 0.102 e. The standard InChI is InChI=1S/C17H19N3S/c1-3-21-17-9-5-8-16(14(17)10-18)20-11-13-6-4-7-15(19)12(13)2/h4-9,20H,3,11,19H2,1-2H3. The molecule has 2 aromatic rings. The van der Waals surface area contributed by atoms with Crippen molar-refractivity contribution in [2.45, 2.75) is 25.3 Å². The van der Waals surface area contributed by atoms with Crippen LogP contribution in [0.4, 0.5) is 11.4 Å². The first-order valence-corrected chi connectivity index (χ1v) is 7.89. The van der Waals surface area contributed by atoms with E-state index in [0.29, 0.717) is 12.1 Å². The summed E-state index contributed by atoms with van der Waals surface area (Å²) in [4.78, 5) is 1.02. The zero-order valence-electron chi connectivity index (χ0n) is 12.3. The van der Waals surface area contributed by atoms with Gasteiger partial charge in [0, 0.05) is 17.1 Å². The third kappa shape index (κ3) is 3.50. The number of thioether (sulfide) groups is 1. The van der Waals surface area contributed by atoms with Crippen LogP contribution in [-0.4, -0.2) is 5.75 Å². The Kier molecular flexibility index (Phi) is 5.13. The molecule has 0 atom stereocenters. The van der Waals surface area contributed by atoms with Crippen LogP contribution in [0.25, 0.3) is 0 Å². The van der Waals surface area contributed by atoms with Crippen LogP contribution in [-0.2, 0) is 6.54 Å². The van der Waals surface area contributed by atoms with E-state index >= 15 is 0 Å². The van der Waals surface area contributed by atoms with E-state index in [-0.39, 0.29) is 0 Å². The summed E-state index contributed by atoms with van der Waals surface area (Å²) < 4.78 is 0. The highest BCUT2D eigenvalue weighted by molar-refractivity contribution is 7.99. The summed E-state index contributed by atoms with van der Waals surface area (Å²) in [7, 11) is 0. The molecule has 0 heterocycles. The summed E-state index contributed by atoms with van der Waals surface area (Å²) in [5, 5.41) is 12.8. The molecule has 3 nitrogen and oxygen atoms in total. The fourth-order valence-corrected chi connectivity index (χ4v) is 2.94. The normalized spacial score (nSPS) is 10.1. The van der Waals surface area contributed by atoms with Crippen molar-refractivity contribution in [3.63, 3.8) is 0 Å². The molecule has 3 N–H and O–H groups in total. The van der Waals surface area contributed by atoms with Crippen LogP contribution in [0.3, 0.4) is 0 Å². The Labute approximate surface area is 130 Å². The van der Waals surface area contributed by atoms with Crippen molar-refractivity contribution in [2.75, 3.05) is 16.8 Å². The van der Waals surface area contributed by atoms with Gasteiger partial charge in [-0.15, -0.1) is 11.8 Å². The minimum atomic E-state index is 0.659. The van der Waals surface area contributed by atoms with Crippen LogP contribution in [0.15, 0.2) is 41.3 Å². The molecule has 0 aliphatic rings. The number of nitrogens with two attached hydrogens (primary N) is 1. The Morgan fingerprint density at radius 2 is 2.00 bits per heavy atom. The monoisotopic (exact) mass is 297 g/mol. The predicted molar refractivity (Wildman–Crippen MR) is 90.5 cm³/mol.